The van der Waals surface area contributed by atoms with Crippen molar-refractivity contribution in [2.45, 2.75) is 31.5 Å². The number of rotatable bonds is 7. The molecule has 2 rings (SSSR count). The second-order valence-corrected chi connectivity index (χ2v) is 5.89. The summed E-state index contributed by atoms with van der Waals surface area (Å²) < 4.78 is 11.2. The molecule has 2 N–H and O–H groups in total. The first-order valence-electron chi connectivity index (χ1n) is 6.98. The van der Waals surface area contributed by atoms with E-state index in [0.29, 0.717) is 17.3 Å². The fourth-order valence-electron chi connectivity index (χ4n) is 2.29. The second-order valence-electron chi connectivity index (χ2n) is 5.46. The SMILES string of the molecule is CC1(CNCC(O)COc2cccc(Cl)c2)CCCO1. The van der Waals surface area contributed by atoms with Gasteiger partial charge in [0.25, 0.3) is 0 Å². The Kier molecular flexibility index (Phi) is 5.66. The van der Waals surface area contributed by atoms with Gasteiger partial charge in [-0.2, -0.15) is 0 Å². The third-order valence-electron chi connectivity index (χ3n) is 3.42. The molecule has 1 saturated heterocycles. The van der Waals surface area contributed by atoms with Crippen LogP contribution in [0.1, 0.15) is 19.8 Å². The third kappa shape index (κ3) is 4.94. The van der Waals surface area contributed by atoms with Crippen LogP contribution in [0, 0.1) is 0 Å². The molecule has 5 heteroatoms. The minimum absolute atomic E-state index is 0.0897. The summed E-state index contributed by atoms with van der Waals surface area (Å²) in [6.45, 7) is 4.41. The summed E-state index contributed by atoms with van der Waals surface area (Å²) in [5.74, 6) is 0.669. The minimum atomic E-state index is -0.556. The standard InChI is InChI=1S/C15H22ClNO3/c1-15(6-3-7-20-15)11-17-9-13(18)10-19-14-5-2-4-12(16)8-14/h2,4-5,8,13,17-18H,3,6-7,9-11H2,1H3. The molecule has 0 aromatic heterocycles. The zero-order chi connectivity index (χ0) is 14.4. The molecule has 0 saturated carbocycles. The number of aliphatic hydroxyl groups excluding tert-OH is 1. The lowest BCUT2D eigenvalue weighted by atomic mass is 10.0. The summed E-state index contributed by atoms with van der Waals surface area (Å²) in [5.41, 5.74) is -0.0897. The zero-order valence-electron chi connectivity index (χ0n) is 11.8. The zero-order valence-corrected chi connectivity index (χ0v) is 12.5. The van der Waals surface area contributed by atoms with Crippen LogP contribution in [-0.4, -0.2) is 43.1 Å². The van der Waals surface area contributed by atoms with E-state index in [1.54, 1.807) is 12.1 Å². The van der Waals surface area contributed by atoms with Crippen LogP contribution in [-0.2, 0) is 4.74 Å². The van der Waals surface area contributed by atoms with Gasteiger partial charge in [-0.1, -0.05) is 17.7 Å². The number of aliphatic hydroxyl groups is 1. The number of ether oxygens (including phenoxy) is 2. The molecule has 2 atom stereocenters. The highest BCUT2D eigenvalue weighted by molar-refractivity contribution is 6.30. The molecule has 20 heavy (non-hydrogen) atoms. The fourth-order valence-corrected chi connectivity index (χ4v) is 2.47. The van der Waals surface area contributed by atoms with Gasteiger partial charge in [-0.25, -0.2) is 0 Å². The van der Waals surface area contributed by atoms with Crippen LogP contribution < -0.4 is 10.1 Å². The monoisotopic (exact) mass is 299 g/mol. The number of hydrogen-bond donors (Lipinski definition) is 2. The van der Waals surface area contributed by atoms with Gasteiger partial charge in [0, 0.05) is 24.7 Å². The van der Waals surface area contributed by atoms with Crippen molar-refractivity contribution >= 4 is 11.6 Å². The van der Waals surface area contributed by atoms with E-state index in [4.69, 9.17) is 21.1 Å². The van der Waals surface area contributed by atoms with Crippen molar-refractivity contribution < 1.29 is 14.6 Å². The average Bonchev–Trinajstić information content (AvgIpc) is 2.83. The predicted molar refractivity (Wildman–Crippen MR) is 79.4 cm³/mol. The topological polar surface area (TPSA) is 50.7 Å². The summed E-state index contributed by atoms with van der Waals surface area (Å²) in [4.78, 5) is 0. The first-order chi connectivity index (χ1) is 9.57. The Bertz CT molecular complexity index is 421. The molecule has 1 aliphatic rings. The molecule has 1 aliphatic heterocycles. The smallest absolute Gasteiger partial charge is 0.120 e. The maximum absolute atomic E-state index is 9.88. The highest BCUT2D eigenvalue weighted by Crippen LogP contribution is 2.23. The number of benzene rings is 1. The summed E-state index contributed by atoms with van der Waals surface area (Å²) in [6, 6.07) is 7.16. The van der Waals surface area contributed by atoms with Gasteiger partial charge in [-0.3, -0.25) is 0 Å². The molecule has 0 radical (unpaired) electrons. The molecular weight excluding hydrogens is 278 g/mol. The lowest BCUT2D eigenvalue weighted by Crippen LogP contribution is -2.41. The van der Waals surface area contributed by atoms with Crippen molar-refractivity contribution in [1.82, 2.24) is 5.32 Å². The third-order valence-corrected chi connectivity index (χ3v) is 3.65. The van der Waals surface area contributed by atoms with Crippen LogP contribution >= 0.6 is 11.6 Å². The molecule has 0 bridgehead atoms. The Morgan fingerprint density at radius 3 is 3.10 bits per heavy atom. The van der Waals surface area contributed by atoms with Gasteiger partial charge in [-0.15, -0.1) is 0 Å². The first kappa shape index (κ1) is 15.6. The predicted octanol–water partition coefficient (Wildman–Crippen LogP) is 2.24. The van der Waals surface area contributed by atoms with Crippen LogP contribution in [0.5, 0.6) is 5.75 Å². The fraction of sp³-hybridized carbons (Fsp3) is 0.600. The Labute approximate surface area is 125 Å². The van der Waals surface area contributed by atoms with E-state index in [-0.39, 0.29) is 12.2 Å². The van der Waals surface area contributed by atoms with E-state index < -0.39 is 6.10 Å². The normalized spacial score (nSPS) is 23.8. The van der Waals surface area contributed by atoms with E-state index in [0.717, 1.165) is 26.0 Å². The van der Waals surface area contributed by atoms with Gasteiger partial charge in [-0.05, 0) is 38.0 Å². The van der Waals surface area contributed by atoms with Crippen LogP contribution in [0.3, 0.4) is 0 Å². The molecule has 1 aromatic carbocycles. The van der Waals surface area contributed by atoms with Gasteiger partial charge in [0.05, 0.1) is 5.60 Å². The molecule has 4 nitrogen and oxygen atoms in total. The van der Waals surface area contributed by atoms with Crippen molar-refractivity contribution in [1.29, 1.82) is 0 Å². The second kappa shape index (κ2) is 7.27. The molecule has 0 amide bonds. The molecule has 1 heterocycles. The average molecular weight is 300 g/mol. The Hall–Kier alpha value is -0.810. The Morgan fingerprint density at radius 1 is 1.55 bits per heavy atom. The van der Waals surface area contributed by atoms with E-state index in [1.165, 1.54) is 0 Å². The van der Waals surface area contributed by atoms with E-state index in [1.807, 2.05) is 12.1 Å². The molecule has 112 valence electrons. The van der Waals surface area contributed by atoms with Gasteiger partial charge in [0.1, 0.15) is 18.5 Å². The number of hydrogen-bond acceptors (Lipinski definition) is 4. The van der Waals surface area contributed by atoms with Crippen LogP contribution in [0.2, 0.25) is 5.02 Å². The number of halogens is 1. The lowest BCUT2D eigenvalue weighted by molar-refractivity contribution is 0.0170. The summed E-state index contributed by atoms with van der Waals surface area (Å²) in [7, 11) is 0. The lowest BCUT2D eigenvalue weighted by Gasteiger charge is -2.24. The van der Waals surface area contributed by atoms with Crippen molar-refractivity contribution in [3.05, 3.63) is 29.3 Å². The van der Waals surface area contributed by atoms with Gasteiger partial charge in [0.2, 0.25) is 0 Å². The number of nitrogens with one attached hydrogen (secondary N) is 1. The van der Waals surface area contributed by atoms with Crippen molar-refractivity contribution in [2.75, 3.05) is 26.3 Å². The highest BCUT2D eigenvalue weighted by atomic mass is 35.5. The van der Waals surface area contributed by atoms with E-state index >= 15 is 0 Å². The maximum atomic E-state index is 9.88. The largest absolute Gasteiger partial charge is 0.491 e. The van der Waals surface area contributed by atoms with Crippen LogP contribution in [0.15, 0.2) is 24.3 Å². The summed E-state index contributed by atoms with van der Waals surface area (Å²) >= 11 is 5.86. The van der Waals surface area contributed by atoms with Crippen LogP contribution in [0.4, 0.5) is 0 Å². The Morgan fingerprint density at radius 2 is 2.40 bits per heavy atom. The molecule has 1 fully saturated rings. The van der Waals surface area contributed by atoms with Crippen molar-refractivity contribution in [2.24, 2.45) is 0 Å². The molecule has 1 aromatic rings. The van der Waals surface area contributed by atoms with E-state index in [9.17, 15) is 5.11 Å². The highest BCUT2D eigenvalue weighted by Gasteiger charge is 2.29. The summed E-state index contributed by atoms with van der Waals surface area (Å²) in [6.07, 6.45) is 1.62. The minimum Gasteiger partial charge on any atom is -0.491 e. The quantitative estimate of drug-likeness (QED) is 0.811. The van der Waals surface area contributed by atoms with Gasteiger partial charge < -0.3 is 19.9 Å². The van der Waals surface area contributed by atoms with Crippen molar-refractivity contribution in [3.8, 4) is 5.75 Å². The van der Waals surface area contributed by atoms with Crippen LogP contribution in [0.25, 0.3) is 0 Å². The molecule has 0 spiro atoms. The van der Waals surface area contributed by atoms with Gasteiger partial charge in [0.15, 0.2) is 0 Å². The maximum Gasteiger partial charge on any atom is 0.120 e. The molecule has 2 unspecified atom stereocenters. The van der Waals surface area contributed by atoms with E-state index in [2.05, 4.69) is 12.2 Å². The summed E-state index contributed by atoms with van der Waals surface area (Å²) in [5, 5.41) is 13.7. The van der Waals surface area contributed by atoms with Gasteiger partial charge >= 0.3 is 0 Å². The molecular formula is C15H22ClNO3. The molecule has 0 aliphatic carbocycles. The van der Waals surface area contributed by atoms with Crippen molar-refractivity contribution in [3.63, 3.8) is 0 Å². The Balaban J connectivity index is 1.64. The first-order valence-corrected chi connectivity index (χ1v) is 7.36.